The molecule has 1 heterocycles. The lowest BCUT2D eigenvalue weighted by Gasteiger charge is -2.40. The first-order valence-electron chi connectivity index (χ1n) is 14.6. The van der Waals surface area contributed by atoms with Gasteiger partial charge in [-0.1, -0.05) is 31.9 Å². The van der Waals surface area contributed by atoms with E-state index in [2.05, 4.69) is 44.0 Å². The normalized spacial score (nSPS) is 17.0. The summed E-state index contributed by atoms with van der Waals surface area (Å²) in [6.45, 7) is 3.84. The van der Waals surface area contributed by atoms with E-state index in [1.54, 1.807) is 48.5 Å². The molecule has 0 radical (unpaired) electrons. The van der Waals surface area contributed by atoms with Crippen molar-refractivity contribution >= 4 is 55.5 Å². The molecule has 2 amide bonds. The first-order chi connectivity index (χ1) is 20.8. The molecule has 4 rings (SSSR count). The molecule has 1 aliphatic rings. The molecule has 11 nitrogen and oxygen atoms in total. The van der Waals surface area contributed by atoms with Crippen LogP contribution < -0.4 is 24.8 Å². The Morgan fingerprint density at radius 2 is 1.33 bits per heavy atom. The second kappa shape index (κ2) is 16.2. The number of amides is 2. The zero-order valence-electron chi connectivity index (χ0n) is 25.7. The van der Waals surface area contributed by atoms with Crippen molar-refractivity contribution in [3.05, 3.63) is 78.4 Å². The highest BCUT2D eigenvalue weighted by atomic mass is 35.5. The summed E-state index contributed by atoms with van der Waals surface area (Å²) in [4.78, 5) is 15.2. The molecule has 1 saturated heterocycles. The van der Waals surface area contributed by atoms with Crippen molar-refractivity contribution in [2.75, 3.05) is 33.8 Å². The summed E-state index contributed by atoms with van der Waals surface area (Å²) in [5.41, 5.74) is 2.66. The third kappa shape index (κ3) is 12.4. The van der Waals surface area contributed by atoms with Gasteiger partial charge in [-0.15, -0.1) is 12.4 Å². The van der Waals surface area contributed by atoms with Crippen LogP contribution in [0.2, 0.25) is 0 Å². The molecule has 14 heteroatoms. The SMILES string of the molecule is CCCCC1CC(NC(=O)Nc2ccc(NS(C)(=O)=O)cc2)CCN1Cc1ccc(Oc2ccc(NS(C)(=O)=O)cc2)cc1.Cl. The Morgan fingerprint density at radius 3 is 1.87 bits per heavy atom. The van der Waals surface area contributed by atoms with Crippen LogP contribution in [0, 0.1) is 0 Å². The topological polar surface area (TPSA) is 146 Å². The highest BCUT2D eigenvalue weighted by molar-refractivity contribution is 7.92. The van der Waals surface area contributed by atoms with Crippen LogP contribution in [0.15, 0.2) is 72.8 Å². The number of sulfonamides is 2. The van der Waals surface area contributed by atoms with Gasteiger partial charge in [0.25, 0.3) is 0 Å². The fraction of sp³-hybridized carbons (Fsp3) is 0.387. The molecule has 1 aliphatic heterocycles. The van der Waals surface area contributed by atoms with Crippen molar-refractivity contribution in [1.82, 2.24) is 10.2 Å². The van der Waals surface area contributed by atoms with E-state index in [-0.39, 0.29) is 24.5 Å². The Labute approximate surface area is 272 Å². The second-order valence-electron chi connectivity index (χ2n) is 11.2. The summed E-state index contributed by atoms with van der Waals surface area (Å²) in [6.07, 6.45) is 7.15. The standard InChI is InChI=1S/C31H41N5O6S2.ClH/c1-4-5-6-28-21-27(33-31(37)32-24-9-11-25(12-10-24)34-43(2,38)39)19-20-36(28)22-23-7-15-29(16-8-23)42-30-17-13-26(14-18-30)35-44(3,40)41;/h7-18,27-28,34-35H,4-6,19-22H2,1-3H3,(H2,32,33,37);1H. The zero-order valence-corrected chi connectivity index (χ0v) is 28.1. The van der Waals surface area contributed by atoms with Crippen LogP contribution in [0.3, 0.4) is 0 Å². The number of carbonyl (C=O) groups excluding carboxylic acids is 1. The highest BCUT2D eigenvalue weighted by Gasteiger charge is 2.29. The van der Waals surface area contributed by atoms with E-state index >= 15 is 0 Å². The number of rotatable bonds is 13. The number of nitrogens with one attached hydrogen (secondary N) is 4. The molecular formula is C31H42ClN5O6S2. The van der Waals surface area contributed by atoms with Gasteiger partial charge in [0.2, 0.25) is 20.0 Å². The van der Waals surface area contributed by atoms with Gasteiger partial charge in [-0.3, -0.25) is 14.3 Å². The van der Waals surface area contributed by atoms with E-state index < -0.39 is 20.0 Å². The Balaban J connectivity index is 0.00000552. The number of halogens is 1. The van der Waals surface area contributed by atoms with Gasteiger partial charge in [-0.2, -0.15) is 0 Å². The summed E-state index contributed by atoms with van der Waals surface area (Å²) < 4.78 is 56.4. The maximum absolute atomic E-state index is 12.7. The lowest BCUT2D eigenvalue weighted by atomic mass is 9.93. The van der Waals surface area contributed by atoms with Gasteiger partial charge in [-0.05, 0) is 85.5 Å². The molecule has 0 spiro atoms. The Kier molecular flexibility index (Phi) is 12.9. The quantitative estimate of drug-likeness (QED) is 0.174. The van der Waals surface area contributed by atoms with Gasteiger partial charge in [-0.25, -0.2) is 21.6 Å². The first-order valence-corrected chi connectivity index (χ1v) is 18.4. The molecule has 4 N–H and O–H groups in total. The van der Waals surface area contributed by atoms with E-state index in [0.717, 1.165) is 57.7 Å². The predicted molar refractivity (Wildman–Crippen MR) is 182 cm³/mol. The largest absolute Gasteiger partial charge is 0.457 e. The van der Waals surface area contributed by atoms with Gasteiger partial charge >= 0.3 is 6.03 Å². The lowest BCUT2D eigenvalue weighted by Crippen LogP contribution is -2.50. The first kappa shape index (κ1) is 36.0. The minimum Gasteiger partial charge on any atom is -0.457 e. The summed E-state index contributed by atoms with van der Waals surface area (Å²) in [7, 11) is -6.70. The van der Waals surface area contributed by atoms with Crippen LogP contribution in [0.5, 0.6) is 11.5 Å². The average molecular weight is 680 g/mol. The number of ether oxygens (including phenoxy) is 1. The Morgan fingerprint density at radius 1 is 0.822 bits per heavy atom. The predicted octanol–water partition coefficient (Wildman–Crippen LogP) is 5.99. The number of anilines is 3. The van der Waals surface area contributed by atoms with Gasteiger partial charge in [0.1, 0.15) is 11.5 Å². The van der Waals surface area contributed by atoms with Crippen molar-refractivity contribution in [2.45, 2.75) is 57.7 Å². The van der Waals surface area contributed by atoms with Crippen molar-refractivity contribution in [1.29, 1.82) is 0 Å². The number of likely N-dealkylation sites (tertiary alicyclic amines) is 1. The molecule has 0 aliphatic carbocycles. The minimum absolute atomic E-state index is 0. The molecule has 2 unspecified atom stereocenters. The van der Waals surface area contributed by atoms with Crippen LogP contribution in [0.1, 0.15) is 44.6 Å². The molecule has 3 aromatic carbocycles. The third-order valence-corrected chi connectivity index (χ3v) is 8.43. The second-order valence-corrected chi connectivity index (χ2v) is 14.7. The molecule has 0 saturated carbocycles. The van der Waals surface area contributed by atoms with Crippen LogP contribution in [0.25, 0.3) is 0 Å². The van der Waals surface area contributed by atoms with Crippen molar-refractivity contribution in [3.63, 3.8) is 0 Å². The number of urea groups is 1. The molecule has 3 aromatic rings. The number of nitrogens with zero attached hydrogens (tertiary/aromatic N) is 1. The van der Waals surface area contributed by atoms with Crippen LogP contribution in [-0.2, 0) is 26.6 Å². The number of unbranched alkanes of at least 4 members (excludes halogenated alkanes) is 1. The lowest BCUT2D eigenvalue weighted by molar-refractivity contribution is 0.111. The Bertz CT molecular complexity index is 1600. The van der Waals surface area contributed by atoms with Crippen molar-refractivity contribution < 1.29 is 26.4 Å². The van der Waals surface area contributed by atoms with Gasteiger partial charge < -0.3 is 15.4 Å². The van der Waals surface area contributed by atoms with Crippen LogP contribution >= 0.6 is 12.4 Å². The molecule has 1 fully saturated rings. The number of piperidine rings is 1. The van der Waals surface area contributed by atoms with Crippen LogP contribution in [-0.4, -0.2) is 58.9 Å². The van der Waals surface area contributed by atoms with Crippen molar-refractivity contribution in [3.8, 4) is 11.5 Å². The zero-order chi connectivity index (χ0) is 31.7. The van der Waals surface area contributed by atoms with E-state index in [9.17, 15) is 21.6 Å². The van der Waals surface area contributed by atoms with E-state index in [0.29, 0.717) is 34.6 Å². The van der Waals surface area contributed by atoms with E-state index in [1.807, 2.05) is 12.1 Å². The third-order valence-electron chi connectivity index (χ3n) is 7.21. The summed E-state index contributed by atoms with van der Waals surface area (Å²) in [6, 6.07) is 21.3. The van der Waals surface area contributed by atoms with E-state index in [4.69, 9.17) is 4.74 Å². The number of hydrogen-bond donors (Lipinski definition) is 4. The number of benzene rings is 3. The fourth-order valence-electron chi connectivity index (χ4n) is 5.21. The number of carbonyl (C=O) groups is 1. The smallest absolute Gasteiger partial charge is 0.319 e. The summed E-state index contributed by atoms with van der Waals surface area (Å²) in [5.74, 6) is 1.30. The molecule has 45 heavy (non-hydrogen) atoms. The summed E-state index contributed by atoms with van der Waals surface area (Å²) >= 11 is 0. The van der Waals surface area contributed by atoms with Gasteiger partial charge in [0.15, 0.2) is 0 Å². The van der Waals surface area contributed by atoms with Crippen molar-refractivity contribution in [2.24, 2.45) is 0 Å². The van der Waals surface area contributed by atoms with Gasteiger partial charge in [0.05, 0.1) is 12.5 Å². The maximum atomic E-state index is 12.7. The molecule has 246 valence electrons. The van der Waals surface area contributed by atoms with Crippen LogP contribution in [0.4, 0.5) is 21.9 Å². The number of hydrogen-bond acceptors (Lipinski definition) is 7. The highest BCUT2D eigenvalue weighted by Crippen LogP contribution is 2.27. The fourth-order valence-corrected chi connectivity index (χ4v) is 6.33. The molecule has 2 atom stereocenters. The molecule has 0 aromatic heterocycles. The molecular weight excluding hydrogens is 638 g/mol. The maximum Gasteiger partial charge on any atom is 0.319 e. The van der Waals surface area contributed by atoms with Gasteiger partial charge in [0, 0.05) is 42.2 Å². The minimum atomic E-state index is -3.36. The monoisotopic (exact) mass is 679 g/mol. The average Bonchev–Trinajstić information content (AvgIpc) is 2.94. The summed E-state index contributed by atoms with van der Waals surface area (Å²) in [5, 5.41) is 5.96. The van der Waals surface area contributed by atoms with E-state index in [1.165, 1.54) is 5.56 Å². The Hall–Kier alpha value is -3.52. The molecule has 0 bridgehead atoms.